The first-order valence-corrected chi connectivity index (χ1v) is 14.1. The van der Waals surface area contributed by atoms with E-state index in [2.05, 4.69) is 21.2 Å². The van der Waals surface area contributed by atoms with Crippen molar-refractivity contribution in [3.63, 3.8) is 0 Å². The van der Waals surface area contributed by atoms with Crippen LogP contribution in [0.4, 0.5) is 11.4 Å². The zero-order valence-corrected chi connectivity index (χ0v) is 23.4. The van der Waals surface area contributed by atoms with Gasteiger partial charge in [-0.3, -0.25) is 14.4 Å². The zero-order chi connectivity index (χ0) is 27.6. The minimum atomic E-state index is -1.48. The second-order valence-corrected chi connectivity index (χ2v) is 11.7. The molecule has 0 unspecified atom stereocenters. The number of hydrogen-bond donors (Lipinski definition) is 1. The van der Waals surface area contributed by atoms with E-state index in [4.69, 9.17) is 11.6 Å². The van der Waals surface area contributed by atoms with Crippen molar-refractivity contribution in [2.24, 2.45) is 5.92 Å². The summed E-state index contributed by atoms with van der Waals surface area (Å²) in [5, 5.41) is 3.59. The molecule has 3 aliphatic rings. The van der Waals surface area contributed by atoms with E-state index in [0.29, 0.717) is 27.4 Å². The lowest BCUT2D eigenvalue weighted by molar-refractivity contribution is -0.121. The summed E-state index contributed by atoms with van der Waals surface area (Å²) >= 11 is 9.81. The number of benzene rings is 4. The third-order valence-corrected chi connectivity index (χ3v) is 9.08. The molecule has 0 aliphatic carbocycles. The van der Waals surface area contributed by atoms with Gasteiger partial charge in [-0.2, -0.15) is 0 Å². The van der Waals surface area contributed by atoms with Crippen LogP contribution in [0.1, 0.15) is 31.8 Å². The molecule has 7 rings (SSSR count). The Morgan fingerprint density at radius 3 is 2.33 bits per heavy atom. The summed E-state index contributed by atoms with van der Waals surface area (Å²) in [7, 11) is 0. The number of para-hydroxylation sites is 1. The predicted molar refractivity (Wildman–Crippen MR) is 160 cm³/mol. The maximum absolute atomic E-state index is 14.7. The highest BCUT2D eigenvalue weighted by atomic mass is 79.9. The zero-order valence-electron chi connectivity index (χ0n) is 21.1. The highest BCUT2D eigenvalue weighted by molar-refractivity contribution is 9.10. The number of carbonyl (C=O) groups is 3. The van der Waals surface area contributed by atoms with Crippen molar-refractivity contribution >= 4 is 62.5 Å². The van der Waals surface area contributed by atoms with Crippen LogP contribution in [0.2, 0.25) is 5.02 Å². The van der Waals surface area contributed by atoms with Gasteiger partial charge in [0.25, 0.3) is 0 Å². The Kier molecular flexibility index (Phi) is 5.81. The molecule has 1 N–H and O–H groups in total. The lowest BCUT2D eigenvalue weighted by atomic mass is 9.63. The van der Waals surface area contributed by atoms with Crippen molar-refractivity contribution in [3.05, 3.63) is 135 Å². The fraction of sp³-hybridized carbons (Fsp3) is 0.121. The highest BCUT2D eigenvalue weighted by Gasteiger charge is 2.70. The Bertz CT molecular complexity index is 1740. The number of nitrogens with one attached hydrogen (secondary N) is 1. The molecule has 4 aromatic rings. The van der Waals surface area contributed by atoms with Crippen molar-refractivity contribution in [3.8, 4) is 0 Å². The predicted octanol–water partition coefficient (Wildman–Crippen LogP) is 6.96. The van der Waals surface area contributed by atoms with Crippen molar-refractivity contribution in [1.82, 2.24) is 0 Å². The number of rotatable bonds is 4. The Morgan fingerprint density at radius 1 is 0.850 bits per heavy atom. The van der Waals surface area contributed by atoms with Crippen LogP contribution >= 0.6 is 27.5 Å². The van der Waals surface area contributed by atoms with Gasteiger partial charge in [-0.05, 0) is 47.5 Å². The third-order valence-electron chi connectivity index (χ3n) is 8.32. The van der Waals surface area contributed by atoms with E-state index >= 15 is 0 Å². The van der Waals surface area contributed by atoms with Crippen molar-refractivity contribution in [1.29, 1.82) is 0 Å². The van der Waals surface area contributed by atoms with Crippen molar-refractivity contribution < 1.29 is 14.4 Å². The minimum absolute atomic E-state index is 0.185. The molecule has 40 heavy (non-hydrogen) atoms. The van der Waals surface area contributed by atoms with Gasteiger partial charge in [0, 0.05) is 32.0 Å². The molecule has 3 aliphatic heterocycles. The van der Waals surface area contributed by atoms with Crippen LogP contribution in [-0.4, -0.2) is 29.6 Å². The van der Waals surface area contributed by atoms with Crippen LogP contribution in [0, 0.1) is 5.92 Å². The quantitative estimate of drug-likeness (QED) is 0.254. The molecule has 4 aromatic carbocycles. The van der Waals surface area contributed by atoms with Gasteiger partial charge in [0.05, 0.1) is 12.0 Å². The molecule has 0 radical (unpaired) electrons. The van der Waals surface area contributed by atoms with Crippen LogP contribution in [0.15, 0.2) is 108 Å². The second-order valence-electron chi connectivity index (χ2n) is 10.3. The van der Waals surface area contributed by atoms with Gasteiger partial charge in [0.15, 0.2) is 11.6 Å². The average molecular weight is 610 g/mol. The van der Waals surface area contributed by atoms with E-state index in [1.165, 1.54) is 0 Å². The number of hydrogen-bond acceptors (Lipinski definition) is 4. The van der Waals surface area contributed by atoms with Crippen LogP contribution in [0.3, 0.4) is 0 Å². The molecule has 0 saturated carbocycles. The maximum Gasteiger partial charge on any atom is 0.238 e. The van der Waals surface area contributed by atoms with Gasteiger partial charge in [-0.15, -0.1) is 0 Å². The molecule has 4 atom stereocenters. The third kappa shape index (κ3) is 3.49. The fourth-order valence-corrected chi connectivity index (χ4v) is 7.17. The molecule has 1 fully saturated rings. The standard InChI is InChI=1S/C33H22BrClN2O3/c34-22-13-10-20(11-14-22)30(39)31-33(24-8-4-5-9-25(24)36-32(33)40)28(29(38)19-6-2-1-3-7-19)27-16-12-21-18-23(35)15-17-26(21)37(27)31/h1-18,27-28,31H,(H,36,40)/t27-,28+,31-,33-/m0/s1. The first-order chi connectivity index (χ1) is 19.4. The molecule has 0 bridgehead atoms. The lowest BCUT2D eigenvalue weighted by Crippen LogP contribution is -2.55. The van der Waals surface area contributed by atoms with Crippen LogP contribution in [-0.2, 0) is 10.2 Å². The number of fused-ring (bicyclic) bond motifs is 5. The topological polar surface area (TPSA) is 66.5 Å². The summed E-state index contributed by atoms with van der Waals surface area (Å²) in [6, 6.07) is 27.5. The number of nitrogens with zero attached hydrogens (tertiary/aromatic N) is 1. The smallest absolute Gasteiger partial charge is 0.238 e. The van der Waals surface area contributed by atoms with Crippen LogP contribution < -0.4 is 10.2 Å². The van der Waals surface area contributed by atoms with Gasteiger partial charge in [0.2, 0.25) is 5.91 Å². The highest BCUT2D eigenvalue weighted by Crippen LogP contribution is 2.58. The number of ketones is 2. The second kappa shape index (κ2) is 9.29. The van der Waals surface area contributed by atoms with E-state index in [1.807, 2.05) is 83.8 Å². The van der Waals surface area contributed by atoms with E-state index in [1.54, 1.807) is 30.3 Å². The molecule has 196 valence electrons. The molecule has 1 amide bonds. The Labute approximate surface area is 244 Å². The Morgan fingerprint density at radius 2 is 1.55 bits per heavy atom. The Hall–Kier alpha value is -4.00. The normalized spacial score (nSPS) is 23.9. The van der Waals surface area contributed by atoms with E-state index in [-0.39, 0.29) is 17.5 Å². The number of Topliss-reactive ketones (excluding diaryl/α,β-unsaturated/α-hetero) is 2. The van der Waals surface area contributed by atoms with Gasteiger partial charge in [0.1, 0.15) is 11.5 Å². The summed E-state index contributed by atoms with van der Waals surface area (Å²) in [4.78, 5) is 45.7. The first-order valence-electron chi connectivity index (χ1n) is 13.0. The molecule has 3 heterocycles. The largest absolute Gasteiger partial charge is 0.352 e. The number of anilines is 2. The van der Waals surface area contributed by atoms with Crippen LogP contribution in [0.5, 0.6) is 0 Å². The van der Waals surface area contributed by atoms with E-state index in [9.17, 15) is 14.4 Å². The average Bonchev–Trinajstić information content (AvgIpc) is 3.45. The van der Waals surface area contributed by atoms with E-state index < -0.39 is 23.4 Å². The number of halogens is 2. The fourth-order valence-electron chi connectivity index (χ4n) is 6.72. The van der Waals surface area contributed by atoms with Crippen LogP contribution in [0.25, 0.3) is 6.08 Å². The lowest BCUT2D eigenvalue weighted by Gasteiger charge is -2.37. The molecular formula is C33H22BrClN2O3. The summed E-state index contributed by atoms with van der Waals surface area (Å²) < 4.78 is 0.838. The van der Waals surface area contributed by atoms with Crippen molar-refractivity contribution in [2.75, 3.05) is 10.2 Å². The summed E-state index contributed by atoms with van der Waals surface area (Å²) in [6.07, 6.45) is 3.88. The molecule has 1 saturated heterocycles. The van der Waals surface area contributed by atoms with Gasteiger partial charge in [-0.25, -0.2) is 0 Å². The minimum Gasteiger partial charge on any atom is -0.352 e. The number of amides is 1. The number of carbonyl (C=O) groups excluding carboxylic acids is 3. The van der Waals surface area contributed by atoms with Gasteiger partial charge >= 0.3 is 0 Å². The Balaban J connectivity index is 1.55. The SMILES string of the molecule is O=C(c1ccc(Br)cc1)[C@@H]1N2c3ccc(Cl)cc3C=C[C@H]2[C@H](C(=O)c2ccccc2)[C@]12C(=O)Nc1ccccc12. The summed E-state index contributed by atoms with van der Waals surface area (Å²) in [5.74, 6) is -1.64. The monoisotopic (exact) mass is 608 g/mol. The maximum atomic E-state index is 14.7. The van der Waals surface area contributed by atoms with E-state index in [0.717, 1.165) is 15.7 Å². The molecule has 7 heteroatoms. The van der Waals surface area contributed by atoms with Gasteiger partial charge in [-0.1, -0.05) is 100 Å². The molecular weight excluding hydrogens is 588 g/mol. The molecule has 5 nitrogen and oxygen atoms in total. The first kappa shape index (κ1) is 25.0. The molecule has 0 aromatic heterocycles. The summed E-state index contributed by atoms with van der Waals surface area (Å²) in [6.45, 7) is 0. The van der Waals surface area contributed by atoms with Crippen molar-refractivity contribution in [2.45, 2.75) is 17.5 Å². The molecule has 1 spiro atoms. The summed E-state index contributed by atoms with van der Waals surface area (Å²) in [5.41, 5.74) is 2.33. The van der Waals surface area contributed by atoms with Gasteiger partial charge < -0.3 is 10.2 Å².